The summed E-state index contributed by atoms with van der Waals surface area (Å²) < 4.78 is 0. The van der Waals surface area contributed by atoms with E-state index in [0.29, 0.717) is 12.0 Å². The van der Waals surface area contributed by atoms with E-state index in [1.807, 2.05) is 25.2 Å². The minimum Gasteiger partial charge on any atom is -0.347 e. The molecule has 1 rings (SSSR count). The Hall–Kier alpha value is -0.860. The van der Waals surface area contributed by atoms with E-state index in [9.17, 15) is 0 Å². The van der Waals surface area contributed by atoms with E-state index in [1.165, 1.54) is 0 Å². The molecule has 3 heteroatoms. The fourth-order valence-electron chi connectivity index (χ4n) is 0.873. The first kappa shape index (κ1) is 8.24. The van der Waals surface area contributed by atoms with Crippen molar-refractivity contribution in [3.8, 4) is 0 Å². The van der Waals surface area contributed by atoms with Crippen LogP contribution in [0, 0.1) is 5.92 Å². The summed E-state index contributed by atoms with van der Waals surface area (Å²) in [6.45, 7) is 4.24. The molecule has 2 atom stereocenters. The molecule has 0 aliphatic carbocycles. The Morgan fingerprint density at radius 2 is 2.00 bits per heavy atom. The number of hydrogen-bond donors (Lipinski definition) is 0. The van der Waals surface area contributed by atoms with Gasteiger partial charge in [0.25, 0.3) is 0 Å². The van der Waals surface area contributed by atoms with E-state index in [-0.39, 0.29) is 0 Å². The molecular weight excluding hydrogens is 138 g/mol. The summed E-state index contributed by atoms with van der Waals surface area (Å²) in [5.74, 6) is 1.30. The smallest absolute Gasteiger partial charge is 0.220 e. The number of aliphatic imine (C=N–C) groups is 2. The second-order valence-corrected chi connectivity index (χ2v) is 3.20. The highest BCUT2D eigenvalue weighted by Gasteiger charge is 2.14. The topological polar surface area (TPSA) is 28.0 Å². The fourth-order valence-corrected chi connectivity index (χ4v) is 0.873. The highest BCUT2D eigenvalue weighted by molar-refractivity contribution is 5.90. The van der Waals surface area contributed by atoms with Crippen LogP contribution in [0.4, 0.5) is 0 Å². The van der Waals surface area contributed by atoms with Crippen LogP contribution in [-0.2, 0) is 0 Å². The first-order chi connectivity index (χ1) is 5.11. The molecule has 0 spiro atoms. The van der Waals surface area contributed by atoms with Crippen molar-refractivity contribution in [2.24, 2.45) is 15.9 Å². The molecule has 0 saturated carbocycles. The number of rotatable bonds is 0. The molecule has 1 unspecified atom stereocenters. The Morgan fingerprint density at radius 3 is 2.45 bits per heavy atom. The molecule has 0 saturated heterocycles. The zero-order chi connectivity index (χ0) is 8.43. The van der Waals surface area contributed by atoms with Crippen molar-refractivity contribution in [2.75, 3.05) is 14.1 Å². The van der Waals surface area contributed by atoms with Crippen molar-refractivity contribution in [1.82, 2.24) is 4.90 Å². The van der Waals surface area contributed by atoms with Crippen LogP contribution in [0.1, 0.15) is 13.8 Å². The lowest BCUT2D eigenvalue weighted by Crippen LogP contribution is -2.28. The molecule has 1 aliphatic heterocycles. The molecule has 11 heavy (non-hydrogen) atoms. The maximum absolute atomic E-state index is 4.41. The molecule has 0 aromatic heterocycles. The number of guanidine groups is 1. The highest BCUT2D eigenvalue weighted by atomic mass is 15.2. The molecule has 0 aromatic carbocycles. The Kier molecular flexibility index (Phi) is 2.27. The second kappa shape index (κ2) is 3.03. The monoisotopic (exact) mass is 153 g/mol. The molecule has 1 aliphatic rings. The predicted octanol–water partition coefficient (Wildman–Crippen LogP) is 1.01. The molecule has 62 valence electrons. The van der Waals surface area contributed by atoms with E-state index in [1.54, 1.807) is 0 Å². The third kappa shape index (κ3) is 1.79. The van der Waals surface area contributed by atoms with Crippen molar-refractivity contribution in [3.63, 3.8) is 0 Å². The van der Waals surface area contributed by atoms with Gasteiger partial charge in [-0.05, 0) is 6.92 Å². The van der Waals surface area contributed by atoms with Gasteiger partial charge in [-0.1, -0.05) is 6.92 Å². The van der Waals surface area contributed by atoms with Crippen LogP contribution in [0.5, 0.6) is 0 Å². The van der Waals surface area contributed by atoms with Crippen LogP contribution in [0.3, 0.4) is 0 Å². The van der Waals surface area contributed by atoms with Crippen molar-refractivity contribution < 1.29 is 0 Å². The zero-order valence-electron chi connectivity index (χ0n) is 7.57. The van der Waals surface area contributed by atoms with E-state index in [2.05, 4.69) is 23.8 Å². The molecule has 0 fully saturated rings. The molecule has 1 heterocycles. The van der Waals surface area contributed by atoms with Crippen LogP contribution >= 0.6 is 0 Å². The Morgan fingerprint density at radius 1 is 1.36 bits per heavy atom. The van der Waals surface area contributed by atoms with Gasteiger partial charge in [0.1, 0.15) is 0 Å². The lowest BCUT2D eigenvalue weighted by molar-refractivity contribution is 0.559. The van der Waals surface area contributed by atoms with Gasteiger partial charge in [0.15, 0.2) is 0 Å². The van der Waals surface area contributed by atoms with Gasteiger partial charge in [-0.15, -0.1) is 0 Å². The Bertz CT molecular complexity index is 194. The normalized spacial score (nSPS) is 30.0. The van der Waals surface area contributed by atoms with Gasteiger partial charge >= 0.3 is 0 Å². The third-order valence-electron chi connectivity index (χ3n) is 1.91. The van der Waals surface area contributed by atoms with Crippen LogP contribution in [0.2, 0.25) is 0 Å². The SMILES string of the molecule is CC1C=NC(N(C)C)=N[C@@H]1C. The summed E-state index contributed by atoms with van der Waals surface area (Å²) in [6.07, 6.45) is 1.97. The summed E-state index contributed by atoms with van der Waals surface area (Å²) in [4.78, 5) is 10.5. The molecule has 0 N–H and O–H groups in total. The van der Waals surface area contributed by atoms with Crippen LogP contribution in [0.25, 0.3) is 0 Å². The van der Waals surface area contributed by atoms with Gasteiger partial charge in [-0.2, -0.15) is 0 Å². The first-order valence-electron chi connectivity index (χ1n) is 3.90. The third-order valence-corrected chi connectivity index (χ3v) is 1.91. The van der Waals surface area contributed by atoms with Gasteiger partial charge < -0.3 is 4.90 Å². The summed E-state index contributed by atoms with van der Waals surface area (Å²) in [6, 6.07) is 0.366. The van der Waals surface area contributed by atoms with Crippen molar-refractivity contribution in [3.05, 3.63) is 0 Å². The average molecular weight is 153 g/mol. The minimum absolute atomic E-state index is 0.366. The van der Waals surface area contributed by atoms with E-state index < -0.39 is 0 Å². The quantitative estimate of drug-likeness (QED) is 0.510. The van der Waals surface area contributed by atoms with Crippen molar-refractivity contribution in [2.45, 2.75) is 19.9 Å². The van der Waals surface area contributed by atoms with Crippen molar-refractivity contribution in [1.29, 1.82) is 0 Å². The van der Waals surface area contributed by atoms with Gasteiger partial charge in [0.05, 0.1) is 6.04 Å². The largest absolute Gasteiger partial charge is 0.347 e. The molecule has 0 amide bonds. The van der Waals surface area contributed by atoms with E-state index in [0.717, 1.165) is 5.96 Å². The summed E-state index contributed by atoms with van der Waals surface area (Å²) >= 11 is 0. The van der Waals surface area contributed by atoms with Gasteiger partial charge in [-0.3, -0.25) is 0 Å². The average Bonchev–Trinajstić information content (AvgIpc) is 1.94. The lowest BCUT2D eigenvalue weighted by Gasteiger charge is -2.20. The number of nitrogens with zero attached hydrogens (tertiary/aromatic N) is 3. The second-order valence-electron chi connectivity index (χ2n) is 3.20. The highest BCUT2D eigenvalue weighted by Crippen LogP contribution is 2.09. The zero-order valence-corrected chi connectivity index (χ0v) is 7.57. The van der Waals surface area contributed by atoms with Gasteiger partial charge in [0.2, 0.25) is 5.96 Å². The summed E-state index contributed by atoms with van der Waals surface area (Å²) in [5.41, 5.74) is 0. The Balaban J connectivity index is 2.72. The number of hydrogen-bond acceptors (Lipinski definition) is 3. The fraction of sp³-hybridized carbons (Fsp3) is 0.750. The van der Waals surface area contributed by atoms with Crippen LogP contribution < -0.4 is 0 Å². The van der Waals surface area contributed by atoms with Crippen LogP contribution in [-0.4, -0.2) is 37.2 Å². The van der Waals surface area contributed by atoms with E-state index >= 15 is 0 Å². The predicted molar refractivity (Wildman–Crippen MR) is 48.2 cm³/mol. The van der Waals surface area contributed by atoms with E-state index in [4.69, 9.17) is 0 Å². The lowest BCUT2D eigenvalue weighted by atomic mass is 10.1. The van der Waals surface area contributed by atoms with Crippen molar-refractivity contribution >= 4 is 12.2 Å². The summed E-state index contributed by atoms with van der Waals surface area (Å²) in [5, 5.41) is 0. The maximum atomic E-state index is 4.41. The molecular formula is C8H15N3. The Labute approximate surface area is 67.8 Å². The maximum Gasteiger partial charge on any atom is 0.220 e. The van der Waals surface area contributed by atoms with Gasteiger partial charge in [-0.25, -0.2) is 9.98 Å². The standard InChI is InChI=1S/C8H15N3/c1-6-5-9-8(11(3)4)10-7(6)2/h5-7H,1-4H3/t6?,7-/m1/s1. The van der Waals surface area contributed by atoms with Gasteiger partial charge in [0, 0.05) is 26.2 Å². The molecule has 0 bridgehead atoms. The minimum atomic E-state index is 0.366. The molecule has 0 aromatic rings. The van der Waals surface area contributed by atoms with Crippen LogP contribution in [0.15, 0.2) is 9.98 Å². The first-order valence-corrected chi connectivity index (χ1v) is 3.90. The molecule has 3 nitrogen and oxygen atoms in total. The molecule has 0 radical (unpaired) electrons. The summed E-state index contributed by atoms with van der Waals surface area (Å²) in [7, 11) is 3.91.